The molecule has 0 aromatic rings. The number of allylic oxidation sites excluding steroid dienone is 4. The standard InChI is InChI=1S/C21H26O4/c1-20-9-4-10-21(2,19(23)24-3)17(20)8-6-13-11-16-14(5-7-15(13)20)12-18(22)25-16/h11-12,17H,4-10H2,1-3H3/t17-,20+,21-/m0/s1. The van der Waals surface area contributed by atoms with Crippen molar-refractivity contribution in [3.8, 4) is 0 Å². The monoisotopic (exact) mass is 342 g/mol. The number of hydrogen-bond acceptors (Lipinski definition) is 4. The summed E-state index contributed by atoms with van der Waals surface area (Å²) in [5.74, 6) is 0.741. The molecule has 1 heterocycles. The number of rotatable bonds is 1. The summed E-state index contributed by atoms with van der Waals surface area (Å²) >= 11 is 0. The molecule has 3 aliphatic carbocycles. The zero-order valence-electron chi connectivity index (χ0n) is 15.3. The predicted molar refractivity (Wildman–Crippen MR) is 93.3 cm³/mol. The predicted octanol–water partition coefficient (Wildman–Crippen LogP) is 4.22. The van der Waals surface area contributed by atoms with Crippen molar-refractivity contribution in [1.29, 1.82) is 0 Å². The SMILES string of the molecule is COC(=O)[C@@]1(C)CCC[C@]2(C)C3=C(C=C4OC(=O)C=C4CC3)CC[C@H]12. The molecular weight excluding hydrogens is 316 g/mol. The van der Waals surface area contributed by atoms with Crippen LogP contribution in [0.3, 0.4) is 0 Å². The first kappa shape index (κ1) is 16.6. The van der Waals surface area contributed by atoms with Gasteiger partial charge in [-0.25, -0.2) is 4.79 Å². The van der Waals surface area contributed by atoms with Gasteiger partial charge in [0.25, 0.3) is 0 Å². The fourth-order valence-electron chi connectivity index (χ4n) is 5.93. The summed E-state index contributed by atoms with van der Waals surface area (Å²) in [5, 5.41) is 0. The Kier molecular flexibility index (Phi) is 3.71. The van der Waals surface area contributed by atoms with E-state index in [0.29, 0.717) is 5.92 Å². The molecular formula is C21H26O4. The van der Waals surface area contributed by atoms with Crippen LogP contribution in [0.5, 0.6) is 0 Å². The number of fused-ring (bicyclic) bond motifs is 3. The van der Waals surface area contributed by atoms with Crippen LogP contribution < -0.4 is 0 Å². The zero-order chi connectivity index (χ0) is 17.8. The van der Waals surface area contributed by atoms with Gasteiger partial charge in [0.15, 0.2) is 0 Å². The normalized spacial score (nSPS) is 37.1. The minimum absolute atomic E-state index is 0.0229. The van der Waals surface area contributed by atoms with Gasteiger partial charge in [-0.2, -0.15) is 0 Å². The lowest BCUT2D eigenvalue weighted by Crippen LogP contribution is -2.50. The number of esters is 2. The van der Waals surface area contributed by atoms with Gasteiger partial charge in [0.1, 0.15) is 5.76 Å². The zero-order valence-corrected chi connectivity index (χ0v) is 15.3. The molecule has 0 spiro atoms. The molecule has 134 valence electrons. The average molecular weight is 342 g/mol. The lowest BCUT2D eigenvalue weighted by Gasteiger charge is -2.54. The van der Waals surface area contributed by atoms with Crippen molar-refractivity contribution in [2.24, 2.45) is 16.7 Å². The highest BCUT2D eigenvalue weighted by molar-refractivity contribution is 5.88. The molecule has 4 heteroatoms. The Morgan fingerprint density at radius 1 is 1.20 bits per heavy atom. The summed E-state index contributed by atoms with van der Waals surface area (Å²) in [6.45, 7) is 4.44. The van der Waals surface area contributed by atoms with Crippen molar-refractivity contribution in [2.75, 3.05) is 7.11 Å². The number of ether oxygens (including phenoxy) is 2. The van der Waals surface area contributed by atoms with Crippen LogP contribution >= 0.6 is 0 Å². The fourth-order valence-corrected chi connectivity index (χ4v) is 5.93. The average Bonchev–Trinajstić information content (AvgIpc) is 2.82. The number of carbonyl (C=O) groups is 2. The van der Waals surface area contributed by atoms with Crippen LogP contribution in [-0.2, 0) is 19.1 Å². The summed E-state index contributed by atoms with van der Waals surface area (Å²) in [6, 6.07) is 0. The Labute approximate surface area is 148 Å². The largest absolute Gasteiger partial charge is 0.469 e. The Morgan fingerprint density at radius 3 is 2.76 bits per heavy atom. The van der Waals surface area contributed by atoms with E-state index in [9.17, 15) is 9.59 Å². The van der Waals surface area contributed by atoms with Crippen LogP contribution in [0, 0.1) is 16.7 Å². The molecule has 0 N–H and O–H groups in total. The van der Waals surface area contributed by atoms with Gasteiger partial charge >= 0.3 is 11.9 Å². The lowest BCUT2D eigenvalue weighted by molar-refractivity contribution is -0.163. The molecule has 0 radical (unpaired) electrons. The third-order valence-corrected chi connectivity index (χ3v) is 7.13. The van der Waals surface area contributed by atoms with Crippen molar-refractivity contribution in [3.63, 3.8) is 0 Å². The van der Waals surface area contributed by atoms with Crippen molar-refractivity contribution in [1.82, 2.24) is 0 Å². The molecule has 1 fully saturated rings. The summed E-state index contributed by atoms with van der Waals surface area (Å²) < 4.78 is 10.6. The van der Waals surface area contributed by atoms with Gasteiger partial charge in [0.2, 0.25) is 0 Å². The molecule has 0 unspecified atom stereocenters. The van der Waals surface area contributed by atoms with Crippen molar-refractivity contribution >= 4 is 11.9 Å². The number of methoxy groups -OCH3 is 1. The Balaban J connectivity index is 1.75. The molecule has 0 saturated heterocycles. The van der Waals surface area contributed by atoms with Crippen LogP contribution in [0.4, 0.5) is 0 Å². The second kappa shape index (κ2) is 5.58. The van der Waals surface area contributed by atoms with E-state index in [1.54, 1.807) is 6.08 Å². The molecule has 4 rings (SSSR count). The van der Waals surface area contributed by atoms with Crippen LogP contribution in [0.2, 0.25) is 0 Å². The van der Waals surface area contributed by atoms with Gasteiger partial charge in [-0.3, -0.25) is 4.79 Å². The summed E-state index contributed by atoms with van der Waals surface area (Å²) in [4.78, 5) is 24.2. The molecule has 4 aliphatic rings. The van der Waals surface area contributed by atoms with Gasteiger partial charge < -0.3 is 9.47 Å². The number of carbonyl (C=O) groups excluding carboxylic acids is 2. The van der Waals surface area contributed by atoms with Crippen molar-refractivity contribution < 1.29 is 19.1 Å². The summed E-state index contributed by atoms with van der Waals surface area (Å²) in [6.07, 6.45) is 10.5. The smallest absolute Gasteiger partial charge is 0.336 e. The maximum Gasteiger partial charge on any atom is 0.336 e. The van der Waals surface area contributed by atoms with Crippen molar-refractivity contribution in [3.05, 3.63) is 34.6 Å². The third kappa shape index (κ3) is 2.33. The van der Waals surface area contributed by atoms with Gasteiger partial charge in [0.05, 0.1) is 12.5 Å². The van der Waals surface area contributed by atoms with E-state index in [4.69, 9.17) is 9.47 Å². The van der Waals surface area contributed by atoms with E-state index in [1.165, 1.54) is 18.3 Å². The molecule has 0 aromatic heterocycles. The molecule has 0 aromatic carbocycles. The van der Waals surface area contributed by atoms with E-state index in [1.807, 2.05) is 0 Å². The quantitative estimate of drug-likeness (QED) is 0.669. The van der Waals surface area contributed by atoms with Crippen LogP contribution in [0.15, 0.2) is 34.6 Å². The third-order valence-electron chi connectivity index (χ3n) is 7.13. The summed E-state index contributed by atoms with van der Waals surface area (Å²) in [7, 11) is 1.51. The minimum Gasteiger partial charge on any atom is -0.469 e. The van der Waals surface area contributed by atoms with Crippen LogP contribution in [0.25, 0.3) is 0 Å². The molecule has 4 nitrogen and oxygen atoms in total. The first-order valence-corrected chi connectivity index (χ1v) is 9.34. The number of hydrogen-bond donors (Lipinski definition) is 0. The Morgan fingerprint density at radius 2 is 2.00 bits per heavy atom. The molecule has 25 heavy (non-hydrogen) atoms. The van der Waals surface area contributed by atoms with Crippen molar-refractivity contribution in [2.45, 2.75) is 58.8 Å². The van der Waals surface area contributed by atoms with E-state index >= 15 is 0 Å². The second-order valence-electron chi connectivity index (χ2n) is 8.37. The van der Waals surface area contributed by atoms with E-state index in [2.05, 4.69) is 19.9 Å². The molecule has 0 bridgehead atoms. The highest BCUT2D eigenvalue weighted by atomic mass is 16.5. The maximum absolute atomic E-state index is 12.6. The Hall–Kier alpha value is -1.84. The van der Waals surface area contributed by atoms with E-state index < -0.39 is 5.41 Å². The topological polar surface area (TPSA) is 52.6 Å². The highest BCUT2D eigenvalue weighted by Crippen LogP contribution is 2.61. The van der Waals surface area contributed by atoms with Gasteiger partial charge in [0, 0.05) is 11.6 Å². The minimum atomic E-state index is -0.401. The second-order valence-corrected chi connectivity index (χ2v) is 8.37. The fraction of sp³-hybridized carbons (Fsp3) is 0.619. The molecule has 1 aliphatic heterocycles. The highest BCUT2D eigenvalue weighted by Gasteiger charge is 2.56. The van der Waals surface area contributed by atoms with Crippen LogP contribution in [-0.4, -0.2) is 19.0 Å². The molecule has 3 atom stereocenters. The van der Waals surface area contributed by atoms with Gasteiger partial charge in [-0.15, -0.1) is 0 Å². The molecule has 0 amide bonds. The maximum atomic E-state index is 12.6. The van der Waals surface area contributed by atoms with Gasteiger partial charge in [-0.05, 0) is 68.4 Å². The van der Waals surface area contributed by atoms with Gasteiger partial charge in [-0.1, -0.05) is 18.9 Å². The first-order valence-electron chi connectivity index (χ1n) is 9.34. The first-order chi connectivity index (χ1) is 11.9. The van der Waals surface area contributed by atoms with E-state index in [0.717, 1.165) is 56.3 Å². The lowest BCUT2D eigenvalue weighted by atomic mass is 9.49. The Bertz CT molecular complexity index is 741. The van der Waals surface area contributed by atoms with Crippen LogP contribution in [0.1, 0.15) is 58.8 Å². The summed E-state index contributed by atoms with van der Waals surface area (Å²) in [5.41, 5.74) is 3.43. The van der Waals surface area contributed by atoms with E-state index in [-0.39, 0.29) is 17.4 Å². The molecule has 1 saturated carbocycles.